The third-order valence-electron chi connectivity index (χ3n) is 14.0. The summed E-state index contributed by atoms with van der Waals surface area (Å²) in [6, 6.07) is 0. The first-order valence-electron chi connectivity index (χ1n) is 31.6. The molecule has 0 saturated carbocycles. The molecule has 0 aromatic rings. The smallest absolute Gasteiger partial charge is 0.335 e. The average Bonchev–Trinajstić information content (AvgIpc) is 3.46. The van der Waals surface area contributed by atoms with Gasteiger partial charge in [0.15, 0.2) is 24.6 Å². The lowest BCUT2D eigenvalue weighted by Crippen LogP contribution is -2.61. The molecule has 1 saturated heterocycles. The van der Waals surface area contributed by atoms with Crippen molar-refractivity contribution in [3.8, 4) is 0 Å². The third kappa shape index (κ3) is 44.3. The van der Waals surface area contributed by atoms with Gasteiger partial charge in [0, 0.05) is 12.8 Å². The van der Waals surface area contributed by atoms with E-state index in [4.69, 9.17) is 23.7 Å². The van der Waals surface area contributed by atoms with E-state index < -0.39 is 67.3 Å². The van der Waals surface area contributed by atoms with E-state index >= 15 is 0 Å². The van der Waals surface area contributed by atoms with Gasteiger partial charge in [0.1, 0.15) is 18.8 Å². The molecule has 12 nitrogen and oxygen atoms in total. The van der Waals surface area contributed by atoms with Crippen LogP contribution in [0.3, 0.4) is 0 Å². The van der Waals surface area contributed by atoms with Crippen LogP contribution in [0.2, 0.25) is 0 Å². The fourth-order valence-electron chi connectivity index (χ4n) is 9.14. The Morgan fingerprint density at radius 2 is 0.835 bits per heavy atom. The Kier molecular flexibility index (Phi) is 50.3. The number of unbranched alkanes of at least 4 members (excludes halogenated alkanes) is 26. The highest BCUT2D eigenvalue weighted by atomic mass is 16.7. The molecular weight excluding hydrogens is 997 g/mol. The van der Waals surface area contributed by atoms with Crippen molar-refractivity contribution in [2.45, 2.75) is 302 Å². The Labute approximate surface area is 480 Å². The molecule has 0 aromatic carbocycles. The number of carbonyl (C=O) groups is 4. The van der Waals surface area contributed by atoms with Crippen molar-refractivity contribution in [1.82, 2.24) is 0 Å². The number of carboxylic acid groups (broad SMARTS) is 1. The van der Waals surface area contributed by atoms with Gasteiger partial charge in [-0.2, -0.15) is 0 Å². The first kappa shape index (κ1) is 72.9. The molecule has 1 rings (SSSR count). The predicted octanol–water partition coefficient (Wildman–Crippen LogP) is 16.7. The van der Waals surface area contributed by atoms with E-state index in [0.717, 1.165) is 96.3 Å². The zero-order valence-corrected chi connectivity index (χ0v) is 49.8. The maximum Gasteiger partial charge on any atom is 0.335 e. The number of carboxylic acids is 1. The number of ether oxygens (including phenoxy) is 5. The molecule has 12 heteroatoms. The van der Waals surface area contributed by atoms with E-state index in [0.29, 0.717) is 19.3 Å². The van der Waals surface area contributed by atoms with Gasteiger partial charge >= 0.3 is 23.9 Å². The standard InChI is InChI=1S/C67H112O12/c1-4-7-10-13-16-19-22-25-28-29-30-31-34-37-40-43-46-49-52-55-61(70)78-65-63(72)62(71)64(66(73)74)79-67(65)76-57-58(77-60(69)54-51-48-45-42-39-36-33-27-24-21-18-15-12-9-6-3)56-75-59(68)53-50-47-44-41-38-35-32-26-23-20-17-14-11-8-5-2/h8,11,17,20,25-28,32-33,38,41,47,50,58,62-65,67,71-72H,4-7,9-10,12-16,18-19,21-24,29-31,34-37,39-40,42-46,48-49,51-57H2,1-3H3,(H,73,74)/b11-8-,20-17-,28-25-,32-26-,33-27-,41-38-,50-47-. The fraction of sp³-hybridized carbons (Fsp3) is 0.731. The van der Waals surface area contributed by atoms with Gasteiger partial charge in [-0.25, -0.2) is 4.79 Å². The highest BCUT2D eigenvalue weighted by Crippen LogP contribution is 2.26. The Hall–Kier alpha value is -4.10. The SMILES string of the molecule is CC/C=C\C/C=C\C/C=C\C/C=C\C/C=C\CC(=O)OCC(COC1OC(C(=O)O)C(O)C(O)C1OC(=O)CCCCCCCCCCC/C=C\CCCCCCCC)OC(=O)CCCCCCC/C=C\CCCCCCCC. The maximum atomic E-state index is 13.2. The van der Waals surface area contributed by atoms with Gasteiger partial charge in [0.25, 0.3) is 0 Å². The van der Waals surface area contributed by atoms with Gasteiger partial charge in [-0.05, 0) is 96.3 Å². The summed E-state index contributed by atoms with van der Waals surface area (Å²) in [6.07, 6.45) is 58.6. The number of carbonyl (C=O) groups excluding carboxylic acids is 3. The van der Waals surface area contributed by atoms with Crippen molar-refractivity contribution >= 4 is 23.9 Å². The van der Waals surface area contributed by atoms with Gasteiger partial charge in [0.2, 0.25) is 0 Å². The summed E-state index contributed by atoms with van der Waals surface area (Å²) in [6.45, 7) is 5.79. The Bertz CT molecular complexity index is 1700. The minimum Gasteiger partial charge on any atom is -0.479 e. The number of aliphatic hydroxyl groups excluding tert-OH is 2. The summed E-state index contributed by atoms with van der Waals surface area (Å²) in [5.41, 5.74) is 0. The summed E-state index contributed by atoms with van der Waals surface area (Å²) in [4.78, 5) is 51.2. The summed E-state index contributed by atoms with van der Waals surface area (Å²) in [5, 5.41) is 31.6. The molecule has 6 unspecified atom stereocenters. The van der Waals surface area contributed by atoms with Crippen molar-refractivity contribution in [2.24, 2.45) is 0 Å². The summed E-state index contributed by atoms with van der Waals surface area (Å²) < 4.78 is 28.4. The molecule has 1 aliphatic heterocycles. The topological polar surface area (TPSA) is 175 Å². The van der Waals surface area contributed by atoms with Gasteiger partial charge in [-0.15, -0.1) is 0 Å². The van der Waals surface area contributed by atoms with Crippen molar-refractivity contribution in [1.29, 1.82) is 0 Å². The zero-order valence-electron chi connectivity index (χ0n) is 49.8. The van der Waals surface area contributed by atoms with Crippen LogP contribution in [-0.4, -0.2) is 89.2 Å². The molecule has 452 valence electrons. The van der Waals surface area contributed by atoms with Gasteiger partial charge in [0.05, 0.1) is 13.0 Å². The van der Waals surface area contributed by atoms with Crippen LogP contribution in [0.5, 0.6) is 0 Å². The molecule has 0 bridgehead atoms. The molecule has 0 aromatic heterocycles. The minimum atomic E-state index is -1.92. The normalized spacial score (nSPS) is 18.4. The van der Waals surface area contributed by atoms with Crippen LogP contribution in [0.25, 0.3) is 0 Å². The number of aliphatic hydroxyl groups is 2. The Morgan fingerprint density at radius 1 is 0.443 bits per heavy atom. The summed E-state index contributed by atoms with van der Waals surface area (Å²) in [5.74, 6) is -3.29. The molecule has 0 aliphatic carbocycles. The van der Waals surface area contributed by atoms with E-state index in [1.807, 2.05) is 12.2 Å². The summed E-state index contributed by atoms with van der Waals surface area (Å²) >= 11 is 0. The zero-order chi connectivity index (χ0) is 57.5. The molecule has 6 atom stereocenters. The fourth-order valence-corrected chi connectivity index (χ4v) is 9.14. The molecule has 1 fully saturated rings. The van der Waals surface area contributed by atoms with E-state index in [1.165, 1.54) is 109 Å². The van der Waals surface area contributed by atoms with Crippen molar-refractivity contribution in [2.75, 3.05) is 13.2 Å². The number of aliphatic carboxylic acids is 1. The number of hydrogen-bond donors (Lipinski definition) is 3. The van der Waals surface area contributed by atoms with Crippen LogP contribution in [0, 0.1) is 0 Å². The second kappa shape index (κ2) is 54.5. The van der Waals surface area contributed by atoms with Gasteiger partial charge < -0.3 is 39.0 Å². The molecule has 0 spiro atoms. The lowest BCUT2D eigenvalue weighted by molar-refractivity contribution is -0.301. The highest BCUT2D eigenvalue weighted by molar-refractivity contribution is 5.74. The van der Waals surface area contributed by atoms with E-state index in [2.05, 4.69) is 87.6 Å². The van der Waals surface area contributed by atoms with Crippen LogP contribution in [0.15, 0.2) is 85.1 Å². The lowest BCUT2D eigenvalue weighted by Gasteiger charge is -2.40. The minimum absolute atomic E-state index is 0.0181. The van der Waals surface area contributed by atoms with Gasteiger partial charge in [-0.3, -0.25) is 14.4 Å². The molecular formula is C67H112O12. The predicted molar refractivity (Wildman–Crippen MR) is 321 cm³/mol. The van der Waals surface area contributed by atoms with E-state index in [-0.39, 0.29) is 25.9 Å². The molecule has 0 radical (unpaired) electrons. The first-order chi connectivity index (χ1) is 38.6. The lowest BCUT2D eigenvalue weighted by atomic mass is 9.98. The van der Waals surface area contributed by atoms with Crippen LogP contribution in [0.4, 0.5) is 0 Å². The molecule has 79 heavy (non-hydrogen) atoms. The van der Waals surface area contributed by atoms with Crippen LogP contribution in [-0.2, 0) is 42.9 Å². The largest absolute Gasteiger partial charge is 0.479 e. The van der Waals surface area contributed by atoms with Gasteiger partial charge in [-0.1, -0.05) is 234 Å². The molecule has 1 heterocycles. The second-order valence-electron chi connectivity index (χ2n) is 21.3. The second-order valence-corrected chi connectivity index (χ2v) is 21.3. The van der Waals surface area contributed by atoms with Crippen LogP contribution < -0.4 is 0 Å². The number of allylic oxidation sites excluding steroid dienone is 13. The number of esters is 3. The van der Waals surface area contributed by atoms with E-state index in [1.54, 1.807) is 6.08 Å². The average molecular weight is 1110 g/mol. The maximum absolute atomic E-state index is 13.2. The van der Waals surface area contributed by atoms with Crippen molar-refractivity contribution in [3.05, 3.63) is 85.1 Å². The van der Waals surface area contributed by atoms with Crippen molar-refractivity contribution < 1.29 is 58.2 Å². The first-order valence-corrected chi connectivity index (χ1v) is 31.6. The number of hydrogen-bond acceptors (Lipinski definition) is 11. The van der Waals surface area contributed by atoms with Crippen LogP contribution >= 0.6 is 0 Å². The highest BCUT2D eigenvalue weighted by Gasteiger charge is 2.50. The Balaban J connectivity index is 2.71. The van der Waals surface area contributed by atoms with Crippen molar-refractivity contribution in [3.63, 3.8) is 0 Å². The summed E-state index contributed by atoms with van der Waals surface area (Å²) in [7, 11) is 0. The molecule has 1 aliphatic rings. The monoisotopic (exact) mass is 1110 g/mol. The number of rotatable bonds is 53. The van der Waals surface area contributed by atoms with Crippen LogP contribution in [0.1, 0.15) is 265 Å². The van der Waals surface area contributed by atoms with E-state index in [9.17, 15) is 34.5 Å². The quantitative estimate of drug-likeness (QED) is 0.0228. The molecule has 0 amide bonds. The Morgan fingerprint density at radius 3 is 1.27 bits per heavy atom. The molecule has 3 N–H and O–H groups in total. The third-order valence-corrected chi connectivity index (χ3v) is 14.0.